The maximum absolute atomic E-state index is 13.5. The molecule has 0 amide bonds. The zero-order valence-corrected chi connectivity index (χ0v) is 9.97. The Morgan fingerprint density at radius 2 is 2.25 bits per heavy atom. The Labute approximate surface area is 100 Å². The molecule has 0 unspecified atom stereocenters. The average Bonchev–Trinajstić information content (AvgIpc) is 2.23. The van der Waals surface area contributed by atoms with Gasteiger partial charge in [-0.1, -0.05) is 24.6 Å². The molecule has 0 spiro atoms. The van der Waals surface area contributed by atoms with Gasteiger partial charge in [0.25, 0.3) is 0 Å². The van der Waals surface area contributed by atoms with E-state index in [9.17, 15) is 4.39 Å². The zero-order valence-electron chi connectivity index (χ0n) is 9.21. The molecule has 4 heteroatoms. The van der Waals surface area contributed by atoms with Gasteiger partial charge in [-0.25, -0.2) is 4.39 Å². The molecule has 0 aromatic heterocycles. The molecule has 0 aliphatic carbocycles. The molecule has 0 bridgehead atoms. The third kappa shape index (κ3) is 3.80. The number of halogens is 2. The summed E-state index contributed by atoms with van der Waals surface area (Å²) in [5, 5.41) is 9.04. The van der Waals surface area contributed by atoms with E-state index in [2.05, 4.69) is 6.07 Å². The van der Waals surface area contributed by atoms with Crippen LogP contribution in [0, 0.1) is 17.1 Å². The van der Waals surface area contributed by atoms with Gasteiger partial charge in [0.15, 0.2) is 0 Å². The van der Waals surface area contributed by atoms with E-state index in [0.29, 0.717) is 23.7 Å². The van der Waals surface area contributed by atoms with Gasteiger partial charge in [-0.15, -0.1) is 0 Å². The van der Waals surface area contributed by atoms with E-state index in [1.54, 1.807) is 12.1 Å². The molecular weight excluding hydrogens is 227 g/mol. The van der Waals surface area contributed by atoms with Crippen molar-refractivity contribution in [2.45, 2.75) is 19.9 Å². The van der Waals surface area contributed by atoms with Crippen LogP contribution in [0.5, 0.6) is 0 Å². The molecule has 0 aliphatic rings. The van der Waals surface area contributed by atoms with Crippen molar-refractivity contribution in [3.8, 4) is 6.07 Å². The van der Waals surface area contributed by atoms with Gasteiger partial charge in [0, 0.05) is 17.1 Å². The number of nitrogens with zero attached hydrogens (tertiary/aromatic N) is 2. The Kier molecular flexibility index (Phi) is 5.24. The lowest BCUT2D eigenvalue weighted by molar-refractivity contribution is 0.294. The van der Waals surface area contributed by atoms with Crippen LogP contribution < -0.4 is 0 Å². The van der Waals surface area contributed by atoms with E-state index >= 15 is 0 Å². The normalized spacial score (nSPS) is 10.4. The summed E-state index contributed by atoms with van der Waals surface area (Å²) in [6.45, 7) is 3.58. The Bertz CT molecular complexity index is 387. The molecule has 2 nitrogen and oxygen atoms in total. The highest BCUT2D eigenvalue weighted by Crippen LogP contribution is 2.16. The first-order valence-electron chi connectivity index (χ1n) is 5.20. The summed E-state index contributed by atoms with van der Waals surface area (Å²) in [6.07, 6.45) is 0.941. The Balaban J connectivity index is 2.73. The third-order valence-corrected chi connectivity index (χ3v) is 2.48. The summed E-state index contributed by atoms with van der Waals surface area (Å²) >= 11 is 5.67. The van der Waals surface area contributed by atoms with Crippen molar-refractivity contribution >= 4 is 11.6 Å². The highest BCUT2D eigenvalue weighted by atomic mass is 35.5. The minimum absolute atomic E-state index is 0.313. The van der Waals surface area contributed by atoms with E-state index in [1.807, 2.05) is 11.8 Å². The molecular formula is C12H14ClFN2. The lowest BCUT2D eigenvalue weighted by atomic mass is 10.2. The van der Waals surface area contributed by atoms with Crippen LogP contribution in [0.1, 0.15) is 18.9 Å². The minimum Gasteiger partial charge on any atom is -0.286 e. The van der Waals surface area contributed by atoms with E-state index < -0.39 is 0 Å². The smallest absolute Gasteiger partial charge is 0.129 e. The Morgan fingerprint density at radius 3 is 2.81 bits per heavy atom. The van der Waals surface area contributed by atoms with E-state index in [-0.39, 0.29) is 5.82 Å². The largest absolute Gasteiger partial charge is 0.286 e. The molecule has 0 fully saturated rings. The Morgan fingerprint density at radius 1 is 1.50 bits per heavy atom. The van der Waals surface area contributed by atoms with Gasteiger partial charge in [-0.05, 0) is 25.1 Å². The molecule has 86 valence electrons. The van der Waals surface area contributed by atoms with Crippen LogP contribution in [0.25, 0.3) is 0 Å². The molecule has 0 heterocycles. The van der Waals surface area contributed by atoms with Crippen molar-refractivity contribution in [3.63, 3.8) is 0 Å². The summed E-state index contributed by atoms with van der Waals surface area (Å²) in [5.41, 5.74) is 0.577. The number of rotatable bonds is 5. The molecule has 0 radical (unpaired) electrons. The van der Waals surface area contributed by atoms with E-state index in [0.717, 1.165) is 13.0 Å². The number of hydrogen-bond donors (Lipinski definition) is 0. The lowest BCUT2D eigenvalue weighted by Crippen LogP contribution is -2.24. The SMILES string of the molecule is CCCN(CC#N)Cc1ccc(Cl)cc1F. The van der Waals surface area contributed by atoms with Crippen LogP contribution in [0.3, 0.4) is 0 Å². The fourth-order valence-corrected chi connectivity index (χ4v) is 1.68. The average molecular weight is 241 g/mol. The van der Waals surface area contributed by atoms with Gasteiger partial charge in [0.05, 0.1) is 12.6 Å². The fraction of sp³-hybridized carbons (Fsp3) is 0.417. The van der Waals surface area contributed by atoms with Gasteiger partial charge in [-0.3, -0.25) is 4.90 Å². The van der Waals surface area contributed by atoms with Crippen molar-refractivity contribution in [3.05, 3.63) is 34.6 Å². The number of nitriles is 1. The van der Waals surface area contributed by atoms with Gasteiger partial charge >= 0.3 is 0 Å². The summed E-state index contributed by atoms with van der Waals surface area (Å²) in [4.78, 5) is 1.91. The second-order valence-corrected chi connectivity index (χ2v) is 4.04. The highest BCUT2D eigenvalue weighted by Gasteiger charge is 2.08. The van der Waals surface area contributed by atoms with Gasteiger partial charge in [0.1, 0.15) is 5.82 Å². The summed E-state index contributed by atoms with van der Waals surface area (Å²) in [5.74, 6) is -0.313. The van der Waals surface area contributed by atoms with Crippen LogP contribution in [0.2, 0.25) is 5.02 Å². The first-order chi connectivity index (χ1) is 7.67. The first-order valence-corrected chi connectivity index (χ1v) is 5.58. The lowest BCUT2D eigenvalue weighted by Gasteiger charge is -2.18. The molecule has 1 aromatic rings. The zero-order chi connectivity index (χ0) is 12.0. The number of hydrogen-bond acceptors (Lipinski definition) is 2. The molecule has 1 rings (SSSR count). The van der Waals surface area contributed by atoms with Gasteiger partial charge in [0.2, 0.25) is 0 Å². The van der Waals surface area contributed by atoms with Crippen molar-refractivity contribution < 1.29 is 4.39 Å². The van der Waals surface area contributed by atoms with E-state index in [1.165, 1.54) is 6.07 Å². The molecule has 0 N–H and O–H groups in total. The quantitative estimate of drug-likeness (QED) is 0.739. The highest BCUT2D eigenvalue weighted by molar-refractivity contribution is 6.30. The van der Waals surface area contributed by atoms with Crippen molar-refractivity contribution in [1.82, 2.24) is 4.90 Å². The van der Waals surface area contributed by atoms with Crippen molar-refractivity contribution in [2.75, 3.05) is 13.1 Å². The third-order valence-electron chi connectivity index (χ3n) is 2.24. The molecule has 16 heavy (non-hydrogen) atoms. The molecule has 1 aromatic carbocycles. The second-order valence-electron chi connectivity index (χ2n) is 3.60. The van der Waals surface area contributed by atoms with Crippen molar-refractivity contribution in [1.29, 1.82) is 5.26 Å². The molecule has 0 aliphatic heterocycles. The number of benzene rings is 1. The standard InChI is InChI=1S/C12H14ClFN2/c1-2-6-16(7-5-15)9-10-3-4-11(13)8-12(10)14/h3-4,8H,2,6-7,9H2,1H3. The molecule has 0 atom stereocenters. The van der Waals surface area contributed by atoms with Crippen LogP contribution in [-0.4, -0.2) is 18.0 Å². The maximum Gasteiger partial charge on any atom is 0.129 e. The minimum atomic E-state index is -0.313. The van der Waals surface area contributed by atoms with Crippen LogP contribution in [0.4, 0.5) is 4.39 Å². The van der Waals surface area contributed by atoms with E-state index in [4.69, 9.17) is 16.9 Å². The van der Waals surface area contributed by atoms with Crippen molar-refractivity contribution in [2.24, 2.45) is 0 Å². The molecule has 0 saturated carbocycles. The summed E-state index contributed by atoms with van der Waals surface area (Å²) < 4.78 is 13.5. The topological polar surface area (TPSA) is 27.0 Å². The first kappa shape index (κ1) is 13.0. The second kappa shape index (κ2) is 6.47. The predicted octanol–water partition coefficient (Wildman–Crippen LogP) is 3.21. The summed E-state index contributed by atoms with van der Waals surface area (Å²) in [7, 11) is 0. The molecule has 0 saturated heterocycles. The fourth-order valence-electron chi connectivity index (χ4n) is 1.52. The Hall–Kier alpha value is -1.11. The van der Waals surface area contributed by atoms with Crippen LogP contribution >= 0.6 is 11.6 Å². The predicted molar refractivity (Wildman–Crippen MR) is 62.6 cm³/mol. The van der Waals surface area contributed by atoms with Gasteiger partial charge in [-0.2, -0.15) is 5.26 Å². The van der Waals surface area contributed by atoms with Gasteiger partial charge < -0.3 is 0 Å². The maximum atomic E-state index is 13.5. The monoisotopic (exact) mass is 240 g/mol. The summed E-state index contributed by atoms with van der Waals surface area (Å²) in [6, 6.07) is 6.71. The van der Waals surface area contributed by atoms with Crippen LogP contribution in [0.15, 0.2) is 18.2 Å². The van der Waals surface area contributed by atoms with Crippen LogP contribution in [-0.2, 0) is 6.54 Å².